The molecule has 1 aliphatic heterocycles. The number of furan rings is 1. The molecule has 2 heterocycles. The molecule has 0 amide bonds. The molecule has 1 fully saturated rings. The van der Waals surface area contributed by atoms with Gasteiger partial charge in [-0.3, -0.25) is 0 Å². The molecule has 0 radical (unpaired) electrons. The molecule has 6 heteroatoms. The summed E-state index contributed by atoms with van der Waals surface area (Å²) in [5.74, 6) is 3.26. The molecule has 2 rings (SSSR count). The molecule has 0 bridgehead atoms. The van der Waals surface area contributed by atoms with Crippen molar-refractivity contribution >= 4 is 11.8 Å². The van der Waals surface area contributed by atoms with Crippen LogP contribution in [0, 0.1) is 0 Å². The number of aliphatic hydroxyl groups excluding tert-OH is 1. The Bertz CT molecular complexity index is 342. The van der Waals surface area contributed by atoms with E-state index in [1.54, 1.807) is 6.26 Å². The van der Waals surface area contributed by atoms with Crippen LogP contribution in [0.15, 0.2) is 22.8 Å². The number of nitrogens with zero attached hydrogens (tertiary/aromatic N) is 1. The van der Waals surface area contributed by atoms with Crippen molar-refractivity contribution in [2.75, 3.05) is 50.8 Å². The summed E-state index contributed by atoms with van der Waals surface area (Å²) in [5.41, 5.74) is 0. The summed E-state index contributed by atoms with van der Waals surface area (Å²) in [5, 5.41) is 13.1. The van der Waals surface area contributed by atoms with Crippen molar-refractivity contribution in [2.45, 2.75) is 12.7 Å². The highest BCUT2D eigenvalue weighted by Crippen LogP contribution is 2.07. The Balaban J connectivity index is 1.44. The van der Waals surface area contributed by atoms with Gasteiger partial charge in [0, 0.05) is 44.2 Å². The van der Waals surface area contributed by atoms with Crippen LogP contribution in [0.5, 0.6) is 0 Å². The van der Waals surface area contributed by atoms with Crippen LogP contribution < -0.4 is 5.32 Å². The van der Waals surface area contributed by atoms with Gasteiger partial charge in [-0.2, -0.15) is 11.8 Å². The zero-order chi connectivity index (χ0) is 14.0. The summed E-state index contributed by atoms with van der Waals surface area (Å²) in [7, 11) is 0. The molecule has 1 saturated heterocycles. The molecule has 0 aromatic carbocycles. The summed E-state index contributed by atoms with van der Waals surface area (Å²) in [4.78, 5) is 2.46. The van der Waals surface area contributed by atoms with Crippen LogP contribution in [0.1, 0.15) is 5.76 Å². The van der Waals surface area contributed by atoms with E-state index in [2.05, 4.69) is 10.2 Å². The van der Waals surface area contributed by atoms with E-state index in [0.717, 1.165) is 18.8 Å². The Morgan fingerprint density at radius 3 is 3.05 bits per heavy atom. The van der Waals surface area contributed by atoms with Gasteiger partial charge in [0.15, 0.2) is 0 Å². The minimum atomic E-state index is -0.470. The fraction of sp³-hybridized carbons (Fsp3) is 0.714. The van der Waals surface area contributed by atoms with E-state index >= 15 is 0 Å². The second kappa shape index (κ2) is 9.41. The summed E-state index contributed by atoms with van der Waals surface area (Å²) >= 11 is 2.02. The molecule has 1 aromatic heterocycles. The Hall–Kier alpha value is -0.530. The predicted molar refractivity (Wildman–Crippen MR) is 81.0 cm³/mol. The number of nitrogens with one attached hydrogen (secondary N) is 1. The number of ether oxygens (including phenoxy) is 1. The van der Waals surface area contributed by atoms with Crippen molar-refractivity contribution in [3.63, 3.8) is 0 Å². The fourth-order valence-electron chi connectivity index (χ4n) is 2.08. The fourth-order valence-corrected chi connectivity index (χ4v) is 3.06. The second-order valence-electron chi connectivity index (χ2n) is 4.91. The highest BCUT2D eigenvalue weighted by molar-refractivity contribution is 7.99. The second-order valence-corrected chi connectivity index (χ2v) is 6.13. The highest BCUT2D eigenvalue weighted by Gasteiger charge is 2.10. The lowest BCUT2D eigenvalue weighted by molar-refractivity contribution is 0.0225. The largest absolute Gasteiger partial charge is 0.467 e. The third kappa shape index (κ3) is 6.28. The van der Waals surface area contributed by atoms with Crippen LogP contribution in [0.2, 0.25) is 0 Å². The van der Waals surface area contributed by atoms with Gasteiger partial charge in [0.25, 0.3) is 0 Å². The van der Waals surface area contributed by atoms with E-state index in [-0.39, 0.29) is 0 Å². The highest BCUT2D eigenvalue weighted by atomic mass is 32.2. The molecule has 0 aliphatic carbocycles. The van der Waals surface area contributed by atoms with Crippen LogP contribution in [0.3, 0.4) is 0 Å². The number of hydrogen-bond donors (Lipinski definition) is 2. The lowest BCUT2D eigenvalue weighted by Crippen LogP contribution is -2.40. The molecule has 0 spiro atoms. The van der Waals surface area contributed by atoms with Crippen molar-refractivity contribution in [2.24, 2.45) is 0 Å². The maximum Gasteiger partial charge on any atom is 0.129 e. The number of rotatable bonds is 9. The van der Waals surface area contributed by atoms with E-state index in [1.165, 1.54) is 24.6 Å². The Labute approximate surface area is 124 Å². The standard InChI is InChI=1S/C14H24N2O3S/c17-13(11-18-12-14-2-1-7-19-14)10-15-3-4-16-5-8-20-9-6-16/h1-2,7,13,15,17H,3-6,8-12H2. The van der Waals surface area contributed by atoms with Gasteiger partial charge in [-0.25, -0.2) is 0 Å². The van der Waals surface area contributed by atoms with Gasteiger partial charge in [-0.1, -0.05) is 0 Å². The Morgan fingerprint density at radius 2 is 2.30 bits per heavy atom. The first-order valence-corrected chi connectivity index (χ1v) is 8.29. The van der Waals surface area contributed by atoms with Crippen molar-refractivity contribution in [3.8, 4) is 0 Å². The minimum Gasteiger partial charge on any atom is -0.467 e. The maximum absolute atomic E-state index is 9.78. The lowest BCUT2D eigenvalue weighted by Gasteiger charge is -2.26. The molecular formula is C14H24N2O3S. The molecule has 5 nitrogen and oxygen atoms in total. The van der Waals surface area contributed by atoms with Crippen LogP contribution in [-0.4, -0.2) is 66.9 Å². The van der Waals surface area contributed by atoms with Gasteiger partial charge in [0.1, 0.15) is 12.4 Å². The molecule has 114 valence electrons. The van der Waals surface area contributed by atoms with Crippen molar-refractivity contribution in [1.82, 2.24) is 10.2 Å². The normalized spacial score (nSPS) is 18.2. The zero-order valence-electron chi connectivity index (χ0n) is 11.8. The monoisotopic (exact) mass is 300 g/mol. The van der Waals surface area contributed by atoms with Gasteiger partial charge in [0.05, 0.1) is 19.0 Å². The molecular weight excluding hydrogens is 276 g/mol. The first-order chi connectivity index (χ1) is 9.84. The molecule has 20 heavy (non-hydrogen) atoms. The summed E-state index contributed by atoms with van der Waals surface area (Å²) in [6.45, 7) is 5.65. The van der Waals surface area contributed by atoms with E-state index in [0.29, 0.717) is 19.8 Å². The number of thioether (sulfide) groups is 1. The SMILES string of the molecule is OC(CNCCN1CCSCC1)COCc1ccco1. The zero-order valence-corrected chi connectivity index (χ0v) is 12.6. The molecule has 1 atom stereocenters. The molecule has 2 N–H and O–H groups in total. The van der Waals surface area contributed by atoms with Crippen molar-refractivity contribution < 1.29 is 14.3 Å². The Morgan fingerprint density at radius 1 is 1.45 bits per heavy atom. The first kappa shape index (κ1) is 15.9. The van der Waals surface area contributed by atoms with E-state index < -0.39 is 6.10 Å². The number of aliphatic hydroxyl groups is 1. The van der Waals surface area contributed by atoms with Crippen LogP contribution in [0.25, 0.3) is 0 Å². The molecule has 1 aromatic rings. The Kier molecular flexibility index (Phi) is 7.46. The van der Waals surface area contributed by atoms with E-state index in [4.69, 9.17) is 9.15 Å². The molecule has 1 unspecified atom stereocenters. The topological polar surface area (TPSA) is 57.9 Å². The number of hydrogen-bond acceptors (Lipinski definition) is 6. The van der Waals surface area contributed by atoms with E-state index in [9.17, 15) is 5.11 Å². The van der Waals surface area contributed by atoms with Gasteiger partial charge in [0.2, 0.25) is 0 Å². The van der Waals surface area contributed by atoms with Crippen molar-refractivity contribution in [1.29, 1.82) is 0 Å². The average molecular weight is 300 g/mol. The van der Waals surface area contributed by atoms with Gasteiger partial charge >= 0.3 is 0 Å². The smallest absolute Gasteiger partial charge is 0.129 e. The average Bonchev–Trinajstić information content (AvgIpc) is 2.98. The lowest BCUT2D eigenvalue weighted by atomic mass is 10.3. The third-order valence-electron chi connectivity index (χ3n) is 3.22. The predicted octanol–water partition coefficient (Wildman–Crippen LogP) is 0.796. The summed E-state index contributed by atoms with van der Waals surface area (Å²) < 4.78 is 10.5. The summed E-state index contributed by atoms with van der Waals surface area (Å²) in [6.07, 6.45) is 1.15. The van der Waals surface area contributed by atoms with Crippen LogP contribution >= 0.6 is 11.8 Å². The molecule has 0 saturated carbocycles. The third-order valence-corrected chi connectivity index (χ3v) is 4.17. The first-order valence-electron chi connectivity index (χ1n) is 7.13. The summed E-state index contributed by atoms with van der Waals surface area (Å²) in [6, 6.07) is 3.69. The van der Waals surface area contributed by atoms with E-state index in [1.807, 2.05) is 23.9 Å². The minimum absolute atomic E-state index is 0.327. The van der Waals surface area contributed by atoms with Crippen LogP contribution in [0.4, 0.5) is 0 Å². The van der Waals surface area contributed by atoms with Crippen molar-refractivity contribution in [3.05, 3.63) is 24.2 Å². The maximum atomic E-state index is 9.78. The van der Waals surface area contributed by atoms with Gasteiger partial charge in [-0.15, -0.1) is 0 Å². The van der Waals surface area contributed by atoms with Gasteiger partial charge in [-0.05, 0) is 12.1 Å². The van der Waals surface area contributed by atoms with Gasteiger partial charge < -0.3 is 24.5 Å². The molecule has 1 aliphatic rings. The quantitative estimate of drug-likeness (QED) is 0.658. The van der Waals surface area contributed by atoms with Crippen LogP contribution in [-0.2, 0) is 11.3 Å².